The Morgan fingerprint density at radius 3 is 2.75 bits per heavy atom. The fraction of sp³-hybridized carbons (Fsp3) is 0.692. The summed E-state index contributed by atoms with van der Waals surface area (Å²) in [6.45, 7) is 4.20. The van der Waals surface area contributed by atoms with E-state index in [4.69, 9.17) is 4.42 Å². The molecule has 0 aliphatic carbocycles. The summed E-state index contributed by atoms with van der Waals surface area (Å²) >= 11 is 1.79. The zero-order chi connectivity index (χ0) is 11.6. The number of nitrogens with one attached hydrogen (secondary N) is 1. The fourth-order valence-electron chi connectivity index (χ4n) is 1.63. The van der Waals surface area contributed by atoms with Crippen LogP contribution in [0.3, 0.4) is 0 Å². The Labute approximate surface area is 103 Å². The molecule has 0 aliphatic rings. The molecule has 0 aliphatic heterocycles. The van der Waals surface area contributed by atoms with Crippen LogP contribution in [0.2, 0.25) is 0 Å². The predicted molar refractivity (Wildman–Crippen MR) is 71.8 cm³/mol. The normalized spacial score (nSPS) is 10.9. The molecule has 16 heavy (non-hydrogen) atoms. The molecule has 0 aromatic carbocycles. The van der Waals surface area contributed by atoms with Crippen LogP contribution < -0.4 is 5.32 Å². The summed E-state index contributed by atoms with van der Waals surface area (Å²) in [6.07, 6.45) is 7.34. The monoisotopic (exact) mass is 241 g/mol. The van der Waals surface area contributed by atoms with Gasteiger partial charge in [-0.05, 0) is 31.4 Å². The van der Waals surface area contributed by atoms with Crippen LogP contribution in [0.25, 0.3) is 0 Å². The summed E-state index contributed by atoms with van der Waals surface area (Å²) in [5.41, 5.74) is 0. The first kappa shape index (κ1) is 13.7. The summed E-state index contributed by atoms with van der Waals surface area (Å²) in [5.74, 6) is 3.10. The third-order valence-electron chi connectivity index (χ3n) is 2.51. The van der Waals surface area contributed by atoms with E-state index in [1.165, 1.54) is 25.7 Å². The summed E-state index contributed by atoms with van der Waals surface area (Å²) in [6, 6.07) is 4.15. The number of hydrogen-bond acceptors (Lipinski definition) is 3. The highest BCUT2D eigenvalue weighted by Crippen LogP contribution is 2.13. The number of furan rings is 1. The molecule has 1 heterocycles. The largest absolute Gasteiger partial charge is 0.464 e. The Morgan fingerprint density at radius 1 is 1.19 bits per heavy atom. The van der Waals surface area contributed by atoms with Crippen molar-refractivity contribution in [2.24, 2.45) is 0 Å². The first-order chi connectivity index (χ1) is 7.86. The van der Waals surface area contributed by atoms with Gasteiger partial charge in [0.25, 0.3) is 0 Å². The molecule has 92 valence electrons. The molecule has 1 aromatic heterocycles. The molecule has 1 rings (SSSR count). The van der Waals surface area contributed by atoms with Crippen LogP contribution in [-0.4, -0.2) is 12.8 Å². The minimum absolute atomic E-state index is 0.862. The van der Waals surface area contributed by atoms with Gasteiger partial charge in [0.1, 0.15) is 11.5 Å². The van der Waals surface area contributed by atoms with Crippen molar-refractivity contribution in [1.82, 2.24) is 5.32 Å². The molecule has 0 fully saturated rings. The Morgan fingerprint density at radius 2 is 2.00 bits per heavy atom. The van der Waals surface area contributed by atoms with Crippen LogP contribution in [0.15, 0.2) is 16.5 Å². The second-order valence-electron chi connectivity index (χ2n) is 4.04. The van der Waals surface area contributed by atoms with Crippen molar-refractivity contribution >= 4 is 11.8 Å². The topological polar surface area (TPSA) is 25.2 Å². The van der Waals surface area contributed by atoms with E-state index < -0.39 is 0 Å². The van der Waals surface area contributed by atoms with E-state index in [9.17, 15) is 0 Å². The van der Waals surface area contributed by atoms with Crippen LogP contribution in [0.4, 0.5) is 0 Å². The zero-order valence-electron chi connectivity index (χ0n) is 10.4. The molecule has 0 saturated heterocycles. The summed E-state index contributed by atoms with van der Waals surface area (Å²) in [5, 5.41) is 3.42. The maximum absolute atomic E-state index is 5.67. The lowest BCUT2D eigenvalue weighted by molar-refractivity contribution is 0.456. The smallest absolute Gasteiger partial charge is 0.117 e. The van der Waals surface area contributed by atoms with Gasteiger partial charge in [0.15, 0.2) is 0 Å². The molecule has 0 saturated carbocycles. The van der Waals surface area contributed by atoms with E-state index >= 15 is 0 Å². The van der Waals surface area contributed by atoms with Gasteiger partial charge >= 0.3 is 0 Å². The summed E-state index contributed by atoms with van der Waals surface area (Å²) in [7, 11) is 0. The predicted octanol–water partition coefficient (Wildman–Crippen LogP) is 3.81. The molecular weight excluding hydrogens is 218 g/mol. The van der Waals surface area contributed by atoms with Crippen LogP contribution in [0.5, 0.6) is 0 Å². The van der Waals surface area contributed by atoms with Crippen LogP contribution in [-0.2, 0) is 12.3 Å². The van der Waals surface area contributed by atoms with Crippen LogP contribution >= 0.6 is 11.8 Å². The van der Waals surface area contributed by atoms with E-state index in [0.717, 1.165) is 30.4 Å². The van der Waals surface area contributed by atoms with E-state index in [1.807, 2.05) is 0 Å². The molecule has 0 radical (unpaired) electrons. The van der Waals surface area contributed by atoms with Gasteiger partial charge in [-0.25, -0.2) is 0 Å². The first-order valence-corrected chi connectivity index (χ1v) is 7.53. The molecule has 0 amide bonds. The standard InChI is InChI=1S/C13H23NOS/c1-3-4-5-6-9-14-10-12-7-8-13(15-12)11-16-2/h7-8,14H,3-6,9-11H2,1-2H3. The molecular formula is C13H23NOS. The van der Waals surface area contributed by atoms with E-state index in [1.54, 1.807) is 11.8 Å². The maximum atomic E-state index is 5.67. The lowest BCUT2D eigenvalue weighted by Crippen LogP contribution is -2.14. The zero-order valence-corrected chi connectivity index (χ0v) is 11.2. The second-order valence-corrected chi connectivity index (χ2v) is 4.90. The van der Waals surface area contributed by atoms with Crippen LogP contribution in [0, 0.1) is 0 Å². The lowest BCUT2D eigenvalue weighted by Gasteiger charge is -2.02. The Hall–Kier alpha value is -0.410. The van der Waals surface area contributed by atoms with Crippen molar-refractivity contribution in [2.75, 3.05) is 12.8 Å². The van der Waals surface area contributed by atoms with Crippen molar-refractivity contribution < 1.29 is 4.42 Å². The highest BCUT2D eigenvalue weighted by molar-refractivity contribution is 7.97. The third-order valence-corrected chi connectivity index (χ3v) is 3.08. The highest BCUT2D eigenvalue weighted by atomic mass is 32.2. The molecule has 1 N–H and O–H groups in total. The van der Waals surface area contributed by atoms with Gasteiger partial charge in [0.05, 0.1) is 12.3 Å². The minimum atomic E-state index is 0.862. The van der Waals surface area contributed by atoms with E-state index in [2.05, 4.69) is 30.6 Å². The van der Waals surface area contributed by atoms with E-state index in [-0.39, 0.29) is 0 Å². The second kappa shape index (κ2) is 8.71. The molecule has 3 heteroatoms. The van der Waals surface area contributed by atoms with Crippen molar-refractivity contribution in [1.29, 1.82) is 0 Å². The van der Waals surface area contributed by atoms with Gasteiger partial charge in [-0.15, -0.1) is 0 Å². The van der Waals surface area contributed by atoms with Gasteiger partial charge in [0.2, 0.25) is 0 Å². The van der Waals surface area contributed by atoms with Crippen molar-refractivity contribution in [3.8, 4) is 0 Å². The number of thioether (sulfide) groups is 1. The fourth-order valence-corrected chi connectivity index (χ4v) is 2.07. The van der Waals surface area contributed by atoms with Crippen molar-refractivity contribution in [3.63, 3.8) is 0 Å². The lowest BCUT2D eigenvalue weighted by atomic mass is 10.2. The molecule has 0 atom stereocenters. The Balaban J connectivity index is 2.07. The number of unbranched alkanes of at least 4 members (excludes halogenated alkanes) is 3. The maximum Gasteiger partial charge on any atom is 0.117 e. The van der Waals surface area contributed by atoms with Crippen LogP contribution in [0.1, 0.15) is 44.1 Å². The molecule has 1 aromatic rings. The van der Waals surface area contributed by atoms with Gasteiger partial charge in [-0.2, -0.15) is 11.8 Å². The third kappa shape index (κ3) is 5.61. The first-order valence-electron chi connectivity index (χ1n) is 6.14. The van der Waals surface area contributed by atoms with E-state index in [0.29, 0.717) is 0 Å². The molecule has 0 unspecified atom stereocenters. The van der Waals surface area contributed by atoms with Gasteiger partial charge < -0.3 is 9.73 Å². The van der Waals surface area contributed by atoms with Gasteiger partial charge in [0, 0.05) is 0 Å². The van der Waals surface area contributed by atoms with Gasteiger partial charge in [-0.1, -0.05) is 26.2 Å². The SMILES string of the molecule is CCCCCCNCc1ccc(CSC)o1. The minimum Gasteiger partial charge on any atom is -0.464 e. The van der Waals surface area contributed by atoms with Crippen molar-refractivity contribution in [2.45, 2.75) is 44.9 Å². The van der Waals surface area contributed by atoms with Gasteiger partial charge in [-0.3, -0.25) is 0 Å². The summed E-state index contributed by atoms with van der Waals surface area (Å²) < 4.78 is 5.67. The highest BCUT2D eigenvalue weighted by Gasteiger charge is 2.00. The molecule has 0 spiro atoms. The average Bonchev–Trinajstić information content (AvgIpc) is 2.72. The average molecular weight is 241 g/mol. The molecule has 2 nitrogen and oxygen atoms in total. The number of hydrogen-bond donors (Lipinski definition) is 1. The number of rotatable bonds is 9. The molecule has 0 bridgehead atoms. The Bertz CT molecular complexity index is 273. The summed E-state index contributed by atoms with van der Waals surface area (Å²) in [4.78, 5) is 0. The Kier molecular flexibility index (Phi) is 7.43. The van der Waals surface area contributed by atoms with Crippen molar-refractivity contribution in [3.05, 3.63) is 23.7 Å². The quantitative estimate of drug-likeness (QED) is 0.665.